The number of likely N-dealkylation sites (N-methyl/N-ethyl adjacent to an activating group) is 2. The molecule has 0 aromatic rings. The van der Waals surface area contributed by atoms with Gasteiger partial charge < -0.3 is 15.1 Å². The van der Waals surface area contributed by atoms with Crippen LogP contribution in [0.15, 0.2) is 0 Å². The van der Waals surface area contributed by atoms with Crippen molar-refractivity contribution in [1.29, 1.82) is 0 Å². The van der Waals surface area contributed by atoms with Crippen molar-refractivity contribution in [1.82, 2.24) is 15.1 Å². The lowest BCUT2D eigenvalue weighted by Crippen LogP contribution is -2.45. The summed E-state index contributed by atoms with van der Waals surface area (Å²) in [7, 11) is 5.97. The van der Waals surface area contributed by atoms with Gasteiger partial charge in [-0.1, -0.05) is 0 Å². The molecule has 1 heterocycles. The lowest BCUT2D eigenvalue weighted by Gasteiger charge is -2.30. The highest BCUT2D eigenvalue weighted by atomic mass is 16.2. The van der Waals surface area contributed by atoms with Crippen molar-refractivity contribution in [2.24, 2.45) is 5.92 Å². The van der Waals surface area contributed by atoms with Crippen molar-refractivity contribution < 1.29 is 4.79 Å². The number of carbonyl (C=O) groups excluding carboxylic acids is 1. The Bertz CT molecular complexity index is 222. The molecule has 94 valence electrons. The van der Waals surface area contributed by atoms with Gasteiger partial charge >= 0.3 is 0 Å². The molecular weight excluding hydrogens is 202 g/mol. The zero-order chi connectivity index (χ0) is 12.1. The quantitative estimate of drug-likeness (QED) is 0.755. The van der Waals surface area contributed by atoms with Crippen molar-refractivity contribution >= 4 is 5.91 Å². The predicted molar refractivity (Wildman–Crippen MR) is 66.4 cm³/mol. The molecule has 1 saturated heterocycles. The fraction of sp³-hybridized carbons (Fsp3) is 0.917. The fourth-order valence-corrected chi connectivity index (χ4v) is 1.98. The molecule has 0 aromatic carbocycles. The maximum Gasteiger partial charge on any atom is 0.226 e. The van der Waals surface area contributed by atoms with Crippen LogP contribution in [0.25, 0.3) is 0 Å². The molecule has 1 N–H and O–H groups in total. The maximum atomic E-state index is 12.1. The average Bonchev–Trinajstić information content (AvgIpc) is 2.26. The number of nitrogens with one attached hydrogen (secondary N) is 1. The lowest BCUT2D eigenvalue weighted by molar-refractivity contribution is -0.135. The highest BCUT2D eigenvalue weighted by Crippen LogP contribution is 2.16. The molecule has 2 unspecified atom stereocenters. The van der Waals surface area contributed by atoms with Gasteiger partial charge in [-0.3, -0.25) is 4.79 Å². The molecule has 1 aliphatic rings. The topological polar surface area (TPSA) is 35.6 Å². The van der Waals surface area contributed by atoms with Crippen LogP contribution in [0.5, 0.6) is 0 Å². The van der Waals surface area contributed by atoms with Crippen LogP contribution in [0.4, 0.5) is 0 Å². The van der Waals surface area contributed by atoms with Gasteiger partial charge in [-0.15, -0.1) is 0 Å². The van der Waals surface area contributed by atoms with Crippen molar-refractivity contribution in [3.8, 4) is 0 Å². The van der Waals surface area contributed by atoms with Gasteiger partial charge in [-0.05, 0) is 33.9 Å². The van der Waals surface area contributed by atoms with Gasteiger partial charge in [-0.2, -0.15) is 0 Å². The molecule has 1 aliphatic heterocycles. The van der Waals surface area contributed by atoms with E-state index in [1.807, 2.05) is 26.0 Å². The van der Waals surface area contributed by atoms with Crippen molar-refractivity contribution in [2.75, 3.05) is 40.8 Å². The van der Waals surface area contributed by atoms with Gasteiger partial charge in [-0.25, -0.2) is 0 Å². The molecule has 1 rings (SSSR count). The van der Waals surface area contributed by atoms with Gasteiger partial charge in [0.2, 0.25) is 5.91 Å². The highest BCUT2D eigenvalue weighted by Gasteiger charge is 2.25. The number of piperidine rings is 1. The average molecular weight is 227 g/mol. The van der Waals surface area contributed by atoms with Crippen molar-refractivity contribution in [2.45, 2.75) is 25.8 Å². The third kappa shape index (κ3) is 4.10. The summed E-state index contributed by atoms with van der Waals surface area (Å²) in [5.74, 6) is 0.476. The van der Waals surface area contributed by atoms with Gasteiger partial charge in [0, 0.05) is 32.7 Å². The van der Waals surface area contributed by atoms with Crippen molar-refractivity contribution in [3.63, 3.8) is 0 Å². The largest absolute Gasteiger partial charge is 0.344 e. The second kappa shape index (κ2) is 6.21. The zero-order valence-corrected chi connectivity index (χ0v) is 11.0. The molecule has 0 bridgehead atoms. The normalized spacial score (nSPS) is 25.8. The molecule has 0 saturated carbocycles. The first kappa shape index (κ1) is 13.5. The number of rotatable bonds is 4. The van der Waals surface area contributed by atoms with Crippen LogP contribution < -0.4 is 5.32 Å². The molecule has 4 heteroatoms. The van der Waals surface area contributed by atoms with Crippen LogP contribution >= 0.6 is 0 Å². The standard InChI is InChI=1S/C12H25N3O/c1-10-5-6-11(9-13-10)12(16)15(4)8-7-14(2)3/h10-11,13H,5-9H2,1-4H3. The van der Waals surface area contributed by atoms with Gasteiger partial charge in [0.05, 0.1) is 5.92 Å². The Morgan fingerprint density at radius 1 is 1.25 bits per heavy atom. The summed E-state index contributed by atoms with van der Waals surface area (Å²) < 4.78 is 0. The van der Waals surface area contributed by atoms with E-state index in [0.29, 0.717) is 11.9 Å². The Morgan fingerprint density at radius 2 is 1.94 bits per heavy atom. The van der Waals surface area contributed by atoms with E-state index >= 15 is 0 Å². The van der Waals surface area contributed by atoms with Gasteiger partial charge in [0.15, 0.2) is 0 Å². The second-order valence-electron chi connectivity index (χ2n) is 5.15. The van der Waals surface area contributed by atoms with E-state index in [2.05, 4.69) is 17.1 Å². The van der Waals surface area contributed by atoms with Crippen LogP contribution in [0.3, 0.4) is 0 Å². The summed E-state index contributed by atoms with van der Waals surface area (Å²) in [5, 5.41) is 3.37. The molecule has 16 heavy (non-hydrogen) atoms. The molecule has 0 aliphatic carbocycles. The van der Waals surface area contributed by atoms with Gasteiger partial charge in [0.1, 0.15) is 0 Å². The first-order chi connectivity index (χ1) is 7.50. The molecule has 0 radical (unpaired) electrons. The Hall–Kier alpha value is -0.610. The van der Waals surface area contributed by atoms with E-state index in [1.165, 1.54) is 0 Å². The summed E-state index contributed by atoms with van der Waals surface area (Å²) in [6, 6.07) is 0.566. The minimum absolute atomic E-state index is 0.184. The molecule has 2 atom stereocenters. The Balaban J connectivity index is 2.32. The Kier molecular flexibility index (Phi) is 5.22. The number of carbonyl (C=O) groups is 1. The minimum Gasteiger partial charge on any atom is -0.344 e. The summed E-state index contributed by atoms with van der Waals surface area (Å²) in [6.07, 6.45) is 2.14. The monoisotopic (exact) mass is 227 g/mol. The van der Waals surface area contributed by atoms with Crippen LogP contribution in [-0.2, 0) is 4.79 Å². The summed E-state index contributed by atoms with van der Waals surface area (Å²) >= 11 is 0. The van der Waals surface area contributed by atoms with E-state index in [0.717, 1.165) is 32.5 Å². The van der Waals surface area contributed by atoms with E-state index in [4.69, 9.17) is 0 Å². The number of amides is 1. The van der Waals surface area contributed by atoms with Gasteiger partial charge in [0.25, 0.3) is 0 Å². The third-order valence-electron chi connectivity index (χ3n) is 3.27. The summed E-state index contributed by atoms with van der Waals surface area (Å²) in [4.78, 5) is 16.1. The summed E-state index contributed by atoms with van der Waals surface area (Å²) in [6.45, 7) is 4.76. The minimum atomic E-state index is 0.184. The first-order valence-electron chi connectivity index (χ1n) is 6.13. The molecule has 1 fully saturated rings. The number of hydrogen-bond acceptors (Lipinski definition) is 3. The van der Waals surface area contributed by atoms with E-state index in [9.17, 15) is 4.79 Å². The zero-order valence-electron chi connectivity index (χ0n) is 11.0. The maximum absolute atomic E-state index is 12.1. The first-order valence-corrected chi connectivity index (χ1v) is 6.13. The molecule has 0 spiro atoms. The number of hydrogen-bond donors (Lipinski definition) is 1. The highest BCUT2D eigenvalue weighted by molar-refractivity contribution is 5.78. The Morgan fingerprint density at radius 3 is 2.44 bits per heavy atom. The molecular formula is C12H25N3O. The number of nitrogens with zero attached hydrogens (tertiary/aromatic N) is 2. The molecule has 0 aromatic heterocycles. The van der Waals surface area contributed by atoms with Crippen LogP contribution in [0, 0.1) is 5.92 Å². The Labute approximate surface area is 99.0 Å². The van der Waals surface area contributed by atoms with Crippen LogP contribution in [-0.4, -0.2) is 62.5 Å². The second-order valence-corrected chi connectivity index (χ2v) is 5.15. The molecule has 4 nitrogen and oxygen atoms in total. The van der Waals surface area contributed by atoms with Crippen LogP contribution in [0.2, 0.25) is 0 Å². The third-order valence-corrected chi connectivity index (χ3v) is 3.27. The van der Waals surface area contributed by atoms with E-state index < -0.39 is 0 Å². The SMILES string of the molecule is CC1CCC(C(=O)N(C)CCN(C)C)CN1. The van der Waals surface area contributed by atoms with Crippen LogP contribution in [0.1, 0.15) is 19.8 Å². The smallest absolute Gasteiger partial charge is 0.226 e. The van der Waals surface area contributed by atoms with Crippen molar-refractivity contribution in [3.05, 3.63) is 0 Å². The van der Waals surface area contributed by atoms with E-state index in [-0.39, 0.29) is 5.92 Å². The predicted octanol–water partition coefficient (Wildman–Crippen LogP) is 0.395. The lowest BCUT2D eigenvalue weighted by atomic mass is 9.94. The fourth-order valence-electron chi connectivity index (χ4n) is 1.98. The molecule has 1 amide bonds. The summed E-state index contributed by atoms with van der Waals surface area (Å²) in [5.41, 5.74) is 0. The van der Waals surface area contributed by atoms with E-state index in [1.54, 1.807) is 0 Å².